The molecule has 0 radical (unpaired) electrons. The number of carbonyl (C=O) groups is 1. The number of carbonyl (C=O) groups excluding carboxylic acids is 1. The molecule has 0 fully saturated rings. The van der Waals surface area contributed by atoms with E-state index in [2.05, 4.69) is 5.32 Å². The summed E-state index contributed by atoms with van der Waals surface area (Å²) < 4.78 is 31.4. The molecular weight excluding hydrogens is 300 g/mol. The van der Waals surface area contributed by atoms with Crippen molar-refractivity contribution in [3.8, 4) is 5.75 Å². The number of hydrogen-bond donors (Lipinski definition) is 1. The molecular formula is C15H12ClF2NO2. The Labute approximate surface area is 125 Å². The van der Waals surface area contributed by atoms with Crippen molar-refractivity contribution in [2.45, 2.75) is 6.42 Å². The van der Waals surface area contributed by atoms with Gasteiger partial charge in [-0.3, -0.25) is 4.79 Å². The summed E-state index contributed by atoms with van der Waals surface area (Å²) >= 11 is 5.87. The predicted molar refractivity (Wildman–Crippen MR) is 76.7 cm³/mol. The predicted octanol–water partition coefficient (Wildman–Crippen LogP) is 3.81. The van der Waals surface area contributed by atoms with E-state index in [1.54, 1.807) is 18.2 Å². The maximum Gasteiger partial charge on any atom is 0.229 e. The maximum absolute atomic E-state index is 13.5. The van der Waals surface area contributed by atoms with Crippen LogP contribution in [0.5, 0.6) is 5.75 Å². The van der Waals surface area contributed by atoms with Crippen LogP contribution in [-0.4, -0.2) is 13.0 Å². The fraction of sp³-hybridized carbons (Fsp3) is 0.133. The van der Waals surface area contributed by atoms with Crippen molar-refractivity contribution in [3.63, 3.8) is 0 Å². The van der Waals surface area contributed by atoms with Crippen LogP contribution in [0.4, 0.5) is 14.5 Å². The highest BCUT2D eigenvalue weighted by atomic mass is 35.5. The number of methoxy groups -OCH3 is 1. The molecule has 1 N–H and O–H groups in total. The van der Waals surface area contributed by atoms with Crippen LogP contribution >= 0.6 is 11.6 Å². The zero-order valence-electron chi connectivity index (χ0n) is 11.1. The van der Waals surface area contributed by atoms with E-state index >= 15 is 0 Å². The molecule has 0 spiro atoms. The van der Waals surface area contributed by atoms with Crippen molar-refractivity contribution in [2.75, 3.05) is 12.4 Å². The van der Waals surface area contributed by atoms with Gasteiger partial charge in [-0.2, -0.15) is 0 Å². The summed E-state index contributed by atoms with van der Waals surface area (Å²) in [5.74, 6) is -1.49. The molecule has 2 rings (SSSR count). The van der Waals surface area contributed by atoms with Crippen LogP contribution in [0, 0.1) is 11.6 Å². The van der Waals surface area contributed by atoms with Gasteiger partial charge in [0.05, 0.1) is 19.2 Å². The standard InChI is InChI=1S/C15H12ClF2NO2/c1-21-14-5-2-10(16)6-9(14)7-15(20)19-13-4-3-11(17)8-12(13)18/h2-6,8H,7H2,1H3,(H,19,20). The van der Waals surface area contributed by atoms with Crippen LogP contribution in [0.25, 0.3) is 0 Å². The normalized spacial score (nSPS) is 10.3. The molecule has 0 aliphatic heterocycles. The largest absolute Gasteiger partial charge is 0.496 e. The summed E-state index contributed by atoms with van der Waals surface area (Å²) in [5, 5.41) is 2.84. The first-order chi connectivity index (χ1) is 9.99. The van der Waals surface area contributed by atoms with Crippen molar-refractivity contribution in [1.82, 2.24) is 0 Å². The second-order valence-electron chi connectivity index (χ2n) is 4.31. The summed E-state index contributed by atoms with van der Waals surface area (Å²) in [6, 6.07) is 7.82. The smallest absolute Gasteiger partial charge is 0.229 e. The number of ether oxygens (including phenoxy) is 1. The van der Waals surface area contributed by atoms with E-state index in [0.717, 1.165) is 12.1 Å². The second-order valence-corrected chi connectivity index (χ2v) is 4.74. The Balaban J connectivity index is 2.13. The lowest BCUT2D eigenvalue weighted by molar-refractivity contribution is -0.115. The van der Waals surface area contributed by atoms with Gasteiger partial charge in [-0.1, -0.05) is 11.6 Å². The molecule has 110 valence electrons. The number of hydrogen-bond acceptors (Lipinski definition) is 2. The van der Waals surface area contributed by atoms with Gasteiger partial charge in [0, 0.05) is 16.7 Å². The third-order valence-corrected chi connectivity index (χ3v) is 3.03. The van der Waals surface area contributed by atoms with E-state index in [1.165, 1.54) is 7.11 Å². The highest BCUT2D eigenvalue weighted by molar-refractivity contribution is 6.30. The van der Waals surface area contributed by atoms with Gasteiger partial charge in [0.25, 0.3) is 0 Å². The number of rotatable bonds is 4. The molecule has 0 unspecified atom stereocenters. The van der Waals surface area contributed by atoms with Gasteiger partial charge >= 0.3 is 0 Å². The van der Waals surface area contributed by atoms with Crippen LogP contribution in [0.15, 0.2) is 36.4 Å². The first-order valence-electron chi connectivity index (χ1n) is 6.07. The SMILES string of the molecule is COc1ccc(Cl)cc1CC(=O)Nc1ccc(F)cc1F. The summed E-state index contributed by atoms with van der Waals surface area (Å²) in [6.07, 6.45) is -0.0411. The van der Waals surface area contributed by atoms with Crippen molar-refractivity contribution >= 4 is 23.2 Å². The molecule has 0 saturated heterocycles. The number of anilines is 1. The number of halogens is 3. The molecule has 3 nitrogen and oxygen atoms in total. The van der Waals surface area contributed by atoms with Gasteiger partial charge in [0.1, 0.15) is 17.4 Å². The van der Waals surface area contributed by atoms with Crippen molar-refractivity contribution in [1.29, 1.82) is 0 Å². The third-order valence-electron chi connectivity index (χ3n) is 2.80. The number of nitrogens with one attached hydrogen (secondary N) is 1. The topological polar surface area (TPSA) is 38.3 Å². The zero-order valence-corrected chi connectivity index (χ0v) is 11.9. The van der Waals surface area contributed by atoms with E-state index in [9.17, 15) is 13.6 Å². The van der Waals surface area contributed by atoms with Gasteiger partial charge in [-0.25, -0.2) is 8.78 Å². The third kappa shape index (κ3) is 3.92. The lowest BCUT2D eigenvalue weighted by Gasteiger charge is -2.10. The van der Waals surface area contributed by atoms with Crippen molar-refractivity contribution < 1.29 is 18.3 Å². The average molecular weight is 312 g/mol. The van der Waals surface area contributed by atoms with Gasteiger partial charge in [-0.15, -0.1) is 0 Å². The molecule has 2 aromatic carbocycles. The molecule has 21 heavy (non-hydrogen) atoms. The molecule has 0 heterocycles. The monoisotopic (exact) mass is 311 g/mol. The Kier molecular flexibility index (Phi) is 4.75. The first kappa shape index (κ1) is 15.3. The average Bonchev–Trinajstić information content (AvgIpc) is 2.42. The molecule has 0 aromatic heterocycles. The number of amides is 1. The minimum absolute atomic E-state index is 0.0411. The summed E-state index contributed by atoms with van der Waals surface area (Å²) in [7, 11) is 1.48. The van der Waals surface area contributed by atoms with Crippen molar-refractivity contribution in [3.05, 3.63) is 58.6 Å². The fourth-order valence-corrected chi connectivity index (χ4v) is 2.04. The fourth-order valence-electron chi connectivity index (χ4n) is 1.84. The van der Waals surface area contributed by atoms with Crippen LogP contribution in [-0.2, 0) is 11.2 Å². The second kappa shape index (κ2) is 6.54. The minimum atomic E-state index is -0.832. The highest BCUT2D eigenvalue weighted by Crippen LogP contribution is 2.23. The van der Waals surface area contributed by atoms with Gasteiger partial charge in [-0.05, 0) is 30.3 Å². The summed E-state index contributed by atoms with van der Waals surface area (Å²) in [5.41, 5.74) is 0.493. The lowest BCUT2D eigenvalue weighted by atomic mass is 10.1. The van der Waals surface area contributed by atoms with Crippen LogP contribution < -0.4 is 10.1 Å². The minimum Gasteiger partial charge on any atom is -0.496 e. The maximum atomic E-state index is 13.5. The van der Waals surface area contributed by atoms with Gasteiger partial charge in [0.2, 0.25) is 5.91 Å². The molecule has 6 heteroatoms. The van der Waals surface area contributed by atoms with Crippen LogP contribution in [0.1, 0.15) is 5.56 Å². The Bertz CT molecular complexity index is 677. The van der Waals surface area contributed by atoms with E-state index in [-0.39, 0.29) is 12.1 Å². The summed E-state index contributed by atoms with van der Waals surface area (Å²) in [6.45, 7) is 0. The Hall–Kier alpha value is -2.14. The quantitative estimate of drug-likeness (QED) is 0.932. The highest BCUT2D eigenvalue weighted by Gasteiger charge is 2.12. The Morgan fingerprint density at radius 2 is 2.00 bits per heavy atom. The van der Waals surface area contributed by atoms with E-state index in [0.29, 0.717) is 22.4 Å². The van der Waals surface area contributed by atoms with Crippen LogP contribution in [0.3, 0.4) is 0 Å². The molecule has 0 saturated carbocycles. The lowest BCUT2D eigenvalue weighted by Crippen LogP contribution is -2.16. The zero-order chi connectivity index (χ0) is 15.4. The molecule has 0 aliphatic rings. The summed E-state index contributed by atoms with van der Waals surface area (Å²) in [4.78, 5) is 11.9. The van der Waals surface area contributed by atoms with Gasteiger partial charge < -0.3 is 10.1 Å². The first-order valence-corrected chi connectivity index (χ1v) is 6.44. The molecule has 2 aromatic rings. The van der Waals surface area contributed by atoms with Crippen molar-refractivity contribution in [2.24, 2.45) is 0 Å². The van der Waals surface area contributed by atoms with E-state index < -0.39 is 17.5 Å². The Morgan fingerprint density at radius 3 is 2.67 bits per heavy atom. The van der Waals surface area contributed by atoms with Crippen LogP contribution in [0.2, 0.25) is 5.02 Å². The molecule has 0 aliphatic carbocycles. The molecule has 1 amide bonds. The number of benzene rings is 2. The molecule has 0 bridgehead atoms. The van der Waals surface area contributed by atoms with E-state index in [4.69, 9.17) is 16.3 Å². The molecule has 0 atom stereocenters. The Morgan fingerprint density at radius 1 is 1.24 bits per heavy atom. The van der Waals surface area contributed by atoms with Gasteiger partial charge in [0.15, 0.2) is 0 Å². The van der Waals surface area contributed by atoms with E-state index in [1.807, 2.05) is 0 Å².